The maximum absolute atomic E-state index is 5.95. The monoisotopic (exact) mass is 256 g/mol. The number of aliphatic imine (C=N–C) groups is 1. The Morgan fingerprint density at radius 1 is 1.06 bits per heavy atom. The first-order valence-corrected chi connectivity index (χ1v) is 6.27. The van der Waals surface area contributed by atoms with Crippen LogP contribution in [0.25, 0.3) is 0 Å². The lowest BCUT2D eigenvalue weighted by molar-refractivity contribution is 0.731. The van der Waals surface area contributed by atoms with Crippen LogP contribution in [0.4, 0.5) is 5.69 Å². The predicted molar refractivity (Wildman–Crippen MR) is 70.9 cm³/mol. The zero-order valence-electron chi connectivity index (χ0n) is 8.97. The average molecular weight is 257 g/mol. The van der Waals surface area contributed by atoms with Crippen molar-refractivity contribution < 1.29 is 0 Å². The lowest BCUT2D eigenvalue weighted by atomic mass is 10.2. The number of amidine groups is 1. The number of anilines is 1. The summed E-state index contributed by atoms with van der Waals surface area (Å²) in [6.07, 6.45) is 4.66. The molecule has 0 fully saturated rings. The highest BCUT2D eigenvalue weighted by Crippen LogP contribution is 2.25. The van der Waals surface area contributed by atoms with Gasteiger partial charge in [-0.1, -0.05) is 29.6 Å². The van der Waals surface area contributed by atoms with E-state index in [9.17, 15) is 0 Å². The van der Waals surface area contributed by atoms with Crippen molar-refractivity contribution in [2.75, 3.05) is 11.9 Å². The Morgan fingerprint density at radius 3 is 2.75 bits per heavy atom. The fraction of sp³-hybridized carbons (Fsp3) is 0.417. The lowest BCUT2D eigenvalue weighted by Gasteiger charge is -2.09. The molecule has 0 atom stereocenters. The van der Waals surface area contributed by atoms with E-state index >= 15 is 0 Å². The van der Waals surface area contributed by atoms with Crippen molar-refractivity contribution in [3.05, 3.63) is 28.2 Å². The van der Waals surface area contributed by atoms with Crippen LogP contribution >= 0.6 is 23.2 Å². The standard InChI is InChI=1S/C12H14Cl2N2/c13-10-6-5-9(8-11(10)14)16-12-4-2-1-3-7-15-12/h5-6,8H,1-4,7H2,(H,15,16). The van der Waals surface area contributed by atoms with Gasteiger partial charge in [0.25, 0.3) is 0 Å². The number of hydrogen-bond acceptors (Lipinski definition) is 2. The molecule has 4 heteroatoms. The molecule has 2 nitrogen and oxygen atoms in total. The van der Waals surface area contributed by atoms with Gasteiger partial charge in [0.15, 0.2) is 0 Å². The van der Waals surface area contributed by atoms with Gasteiger partial charge in [-0.05, 0) is 31.0 Å². The SMILES string of the molecule is Clc1ccc(NC2=NCCCCC2)cc1Cl. The molecule has 0 unspecified atom stereocenters. The Kier molecular flexibility index (Phi) is 4.08. The molecule has 0 bridgehead atoms. The van der Waals surface area contributed by atoms with Crippen LogP contribution in [0.1, 0.15) is 25.7 Å². The first kappa shape index (κ1) is 11.7. The highest BCUT2D eigenvalue weighted by Gasteiger charge is 2.05. The number of rotatable bonds is 1. The van der Waals surface area contributed by atoms with Gasteiger partial charge in [0.05, 0.1) is 10.0 Å². The quantitative estimate of drug-likeness (QED) is 0.793. The maximum Gasteiger partial charge on any atom is 0.101 e. The summed E-state index contributed by atoms with van der Waals surface area (Å²) in [6.45, 7) is 0.920. The summed E-state index contributed by atoms with van der Waals surface area (Å²) in [5.41, 5.74) is 0.954. The average Bonchev–Trinajstić information content (AvgIpc) is 2.52. The van der Waals surface area contributed by atoms with Gasteiger partial charge in [0.1, 0.15) is 5.84 Å². The minimum Gasteiger partial charge on any atom is -0.344 e. The molecule has 0 spiro atoms. The zero-order valence-corrected chi connectivity index (χ0v) is 10.5. The van der Waals surface area contributed by atoms with E-state index in [4.69, 9.17) is 23.2 Å². The van der Waals surface area contributed by atoms with Crippen molar-refractivity contribution in [2.24, 2.45) is 4.99 Å². The minimum atomic E-state index is 0.570. The second-order valence-corrected chi connectivity index (χ2v) is 4.71. The van der Waals surface area contributed by atoms with Crippen LogP contribution in [-0.2, 0) is 0 Å². The Hall–Kier alpha value is -0.730. The molecule has 1 aromatic carbocycles. The van der Waals surface area contributed by atoms with Crippen molar-refractivity contribution in [1.29, 1.82) is 0 Å². The topological polar surface area (TPSA) is 24.4 Å². The number of nitrogens with zero attached hydrogens (tertiary/aromatic N) is 1. The predicted octanol–water partition coefficient (Wildman–Crippen LogP) is 4.38. The fourth-order valence-corrected chi connectivity index (χ4v) is 2.01. The molecule has 1 aliphatic heterocycles. The van der Waals surface area contributed by atoms with Gasteiger partial charge in [-0.2, -0.15) is 0 Å². The smallest absolute Gasteiger partial charge is 0.101 e. The van der Waals surface area contributed by atoms with Crippen molar-refractivity contribution in [1.82, 2.24) is 0 Å². The highest BCUT2D eigenvalue weighted by molar-refractivity contribution is 6.42. The zero-order chi connectivity index (χ0) is 11.4. The van der Waals surface area contributed by atoms with Crippen molar-refractivity contribution in [2.45, 2.75) is 25.7 Å². The van der Waals surface area contributed by atoms with Gasteiger partial charge in [-0.3, -0.25) is 4.99 Å². The van der Waals surface area contributed by atoms with Crippen LogP contribution in [0.3, 0.4) is 0 Å². The summed E-state index contributed by atoms with van der Waals surface area (Å²) < 4.78 is 0. The molecule has 0 aliphatic carbocycles. The van der Waals surface area contributed by atoms with Gasteiger partial charge in [-0.15, -0.1) is 0 Å². The molecule has 1 aliphatic rings. The highest BCUT2D eigenvalue weighted by atomic mass is 35.5. The summed E-state index contributed by atoms with van der Waals surface area (Å²) in [4.78, 5) is 4.50. The Bertz CT molecular complexity index is 402. The minimum absolute atomic E-state index is 0.570. The molecule has 1 aromatic rings. The van der Waals surface area contributed by atoms with Crippen molar-refractivity contribution in [3.63, 3.8) is 0 Å². The maximum atomic E-state index is 5.95. The molecule has 16 heavy (non-hydrogen) atoms. The van der Waals surface area contributed by atoms with Gasteiger partial charge < -0.3 is 5.32 Å². The first-order valence-electron chi connectivity index (χ1n) is 5.51. The van der Waals surface area contributed by atoms with Crippen LogP contribution in [0.15, 0.2) is 23.2 Å². The van der Waals surface area contributed by atoms with E-state index in [2.05, 4.69) is 10.3 Å². The molecular formula is C12H14Cl2N2. The Morgan fingerprint density at radius 2 is 1.94 bits per heavy atom. The van der Waals surface area contributed by atoms with E-state index < -0.39 is 0 Å². The molecule has 2 rings (SSSR count). The van der Waals surface area contributed by atoms with Gasteiger partial charge >= 0.3 is 0 Å². The Balaban J connectivity index is 2.07. The van der Waals surface area contributed by atoms with E-state index in [1.54, 1.807) is 6.07 Å². The van der Waals surface area contributed by atoms with Crippen LogP contribution in [-0.4, -0.2) is 12.4 Å². The number of nitrogens with one attached hydrogen (secondary N) is 1. The molecule has 0 amide bonds. The molecule has 0 aromatic heterocycles. The summed E-state index contributed by atoms with van der Waals surface area (Å²) >= 11 is 11.8. The van der Waals surface area contributed by atoms with E-state index in [0.717, 1.165) is 24.5 Å². The summed E-state index contributed by atoms with van der Waals surface area (Å²) in [6, 6.07) is 5.54. The third-order valence-electron chi connectivity index (χ3n) is 2.58. The van der Waals surface area contributed by atoms with Crippen LogP contribution in [0.2, 0.25) is 10.0 Å². The second-order valence-electron chi connectivity index (χ2n) is 3.89. The molecule has 0 radical (unpaired) electrons. The second kappa shape index (κ2) is 5.55. The largest absolute Gasteiger partial charge is 0.344 e. The summed E-state index contributed by atoms with van der Waals surface area (Å²) in [5, 5.41) is 4.44. The van der Waals surface area contributed by atoms with Gasteiger partial charge in [0.2, 0.25) is 0 Å². The molecule has 1 heterocycles. The van der Waals surface area contributed by atoms with Gasteiger partial charge in [0, 0.05) is 18.7 Å². The number of halogens is 2. The van der Waals surface area contributed by atoms with E-state index in [1.165, 1.54) is 19.3 Å². The third kappa shape index (κ3) is 3.13. The fourth-order valence-electron chi connectivity index (χ4n) is 1.72. The summed E-state index contributed by atoms with van der Waals surface area (Å²) in [7, 11) is 0. The summed E-state index contributed by atoms with van der Waals surface area (Å²) in [5.74, 6) is 1.05. The van der Waals surface area contributed by atoms with Gasteiger partial charge in [-0.25, -0.2) is 0 Å². The van der Waals surface area contributed by atoms with Crippen LogP contribution in [0, 0.1) is 0 Å². The molecule has 0 saturated carbocycles. The number of benzene rings is 1. The Labute approximate surface area is 106 Å². The van der Waals surface area contributed by atoms with E-state index in [1.807, 2.05) is 12.1 Å². The van der Waals surface area contributed by atoms with E-state index in [0.29, 0.717) is 10.0 Å². The van der Waals surface area contributed by atoms with Crippen molar-refractivity contribution >= 4 is 34.7 Å². The van der Waals surface area contributed by atoms with Crippen molar-refractivity contribution in [3.8, 4) is 0 Å². The third-order valence-corrected chi connectivity index (χ3v) is 3.32. The molecule has 0 saturated heterocycles. The molecule has 1 N–H and O–H groups in total. The lowest BCUT2D eigenvalue weighted by Crippen LogP contribution is -2.11. The van der Waals surface area contributed by atoms with E-state index in [-0.39, 0.29) is 0 Å². The molecular weight excluding hydrogens is 243 g/mol. The first-order chi connectivity index (χ1) is 7.75. The van der Waals surface area contributed by atoms with Crippen LogP contribution in [0.5, 0.6) is 0 Å². The normalized spacial score (nSPS) is 16.5. The van der Waals surface area contributed by atoms with Crippen LogP contribution < -0.4 is 5.32 Å². The molecule has 86 valence electrons. The number of hydrogen-bond donors (Lipinski definition) is 1.